The smallest absolute Gasteiger partial charge is 0.416 e. The number of ether oxygens (including phenoxy) is 1. The lowest BCUT2D eigenvalue weighted by molar-refractivity contribution is -0.137. The number of alkyl halides is 3. The number of rotatable bonds is 3. The number of nitrogens with two attached hydrogens (primary N) is 1. The van der Waals surface area contributed by atoms with Gasteiger partial charge in [-0.2, -0.15) is 13.2 Å². The number of nitrogens with zero attached hydrogens (tertiary/aromatic N) is 1. The van der Waals surface area contributed by atoms with Gasteiger partial charge >= 0.3 is 6.18 Å². The van der Waals surface area contributed by atoms with Crippen LogP contribution in [0.25, 0.3) is 0 Å². The molecule has 0 radical (unpaired) electrons. The molecule has 0 aliphatic carbocycles. The molecular weight excluding hydrogens is 257 g/mol. The zero-order valence-corrected chi connectivity index (χ0v) is 9.82. The fourth-order valence-electron chi connectivity index (χ4n) is 1.51. The van der Waals surface area contributed by atoms with E-state index in [4.69, 9.17) is 10.5 Å². The normalized spacial score (nSPS) is 11.4. The van der Waals surface area contributed by atoms with Crippen LogP contribution in [0.4, 0.5) is 13.2 Å². The Morgan fingerprint density at radius 1 is 1.11 bits per heavy atom. The summed E-state index contributed by atoms with van der Waals surface area (Å²) in [6, 6.07) is 6.15. The van der Waals surface area contributed by atoms with Gasteiger partial charge in [0.2, 0.25) is 0 Å². The average Bonchev–Trinajstić information content (AvgIpc) is 2.39. The van der Waals surface area contributed by atoms with Crippen LogP contribution in [0.1, 0.15) is 11.1 Å². The number of halogens is 3. The SMILES string of the molecule is NCc1ccncc1Oc1ccc(C(F)(F)F)cc1. The van der Waals surface area contributed by atoms with Crippen molar-refractivity contribution in [3.8, 4) is 11.5 Å². The van der Waals surface area contributed by atoms with E-state index in [1.54, 1.807) is 12.3 Å². The van der Waals surface area contributed by atoms with Gasteiger partial charge in [0.15, 0.2) is 0 Å². The lowest BCUT2D eigenvalue weighted by Crippen LogP contribution is -2.04. The highest BCUT2D eigenvalue weighted by Gasteiger charge is 2.30. The first-order valence-corrected chi connectivity index (χ1v) is 5.49. The minimum absolute atomic E-state index is 0.262. The van der Waals surface area contributed by atoms with Crippen molar-refractivity contribution in [1.82, 2.24) is 4.98 Å². The van der Waals surface area contributed by atoms with Crippen LogP contribution in [0.5, 0.6) is 11.5 Å². The summed E-state index contributed by atoms with van der Waals surface area (Å²) in [5.41, 5.74) is 5.54. The van der Waals surface area contributed by atoms with Crippen LogP contribution in [0.3, 0.4) is 0 Å². The van der Waals surface area contributed by atoms with Crippen LogP contribution in [0.2, 0.25) is 0 Å². The highest BCUT2D eigenvalue weighted by atomic mass is 19.4. The van der Waals surface area contributed by atoms with Gasteiger partial charge in [-0.15, -0.1) is 0 Å². The third-order valence-electron chi connectivity index (χ3n) is 2.50. The van der Waals surface area contributed by atoms with Crippen molar-refractivity contribution >= 4 is 0 Å². The molecule has 1 aromatic carbocycles. The molecule has 2 rings (SSSR count). The summed E-state index contributed by atoms with van der Waals surface area (Å²) in [7, 11) is 0. The summed E-state index contributed by atoms with van der Waals surface area (Å²) in [4.78, 5) is 3.89. The fourth-order valence-corrected chi connectivity index (χ4v) is 1.51. The van der Waals surface area contributed by atoms with Crippen LogP contribution < -0.4 is 10.5 Å². The Morgan fingerprint density at radius 3 is 2.37 bits per heavy atom. The van der Waals surface area contributed by atoms with Crippen molar-refractivity contribution in [3.05, 3.63) is 53.9 Å². The molecular formula is C13H11F3N2O. The van der Waals surface area contributed by atoms with Crippen molar-refractivity contribution < 1.29 is 17.9 Å². The molecule has 0 aliphatic heterocycles. The summed E-state index contributed by atoms with van der Waals surface area (Å²) in [6.07, 6.45) is -1.31. The maximum absolute atomic E-state index is 12.4. The molecule has 1 heterocycles. The molecule has 0 fully saturated rings. The number of hydrogen-bond donors (Lipinski definition) is 1. The first-order chi connectivity index (χ1) is 9.00. The lowest BCUT2D eigenvalue weighted by Gasteiger charge is -2.10. The Hall–Kier alpha value is -2.08. The van der Waals surface area contributed by atoms with Crippen molar-refractivity contribution in [3.63, 3.8) is 0 Å². The number of pyridine rings is 1. The Bertz CT molecular complexity index is 553. The molecule has 0 amide bonds. The van der Waals surface area contributed by atoms with Crippen LogP contribution in [-0.4, -0.2) is 4.98 Å². The second-order valence-corrected chi connectivity index (χ2v) is 3.81. The number of hydrogen-bond acceptors (Lipinski definition) is 3. The molecule has 3 nitrogen and oxygen atoms in total. The monoisotopic (exact) mass is 268 g/mol. The molecule has 0 bridgehead atoms. The predicted octanol–water partition coefficient (Wildman–Crippen LogP) is 3.35. The van der Waals surface area contributed by atoms with E-state index >= 15 is 0 Å². The van der Waals surface area contributed by atoms with Crippen molar-refractivity contribution in [2.45, 2.75) is 12.7 Å². The van der Waals surface area contributed by atoms with E-state index in [0.717, 1.165) is 17.7 Å². The Morgan fingerprint density at radius 2 is 1.79 bits per heavy atom. The first-order valence-electron chi connectivity index (χ1n) is 5.49. The van der Waals surface area contributed by atoms with Crippen LogP contribution in [0.15, 0.2) is 42.7 Å². The van der Waals surface area contributed by atoms with E-state index in [1.807, 2.05) is 0 Å². The van der Waals surface area contributed by atoms with Gasteiger partial charge in [0, 0.05) is 18.3 Å². The Labute approximate surface area is 107 Å². The largest absolute Gasteiger partial charge is 0.455 e. The fraction of sp³-hybridized carbons (Fsp3) is 0.154. The molecule has 6 heteroatoms. The van der Waals surface area contributed by atoms with E-state index in [1.165, 1.54) is 18.3 Å². The zero-order chi connectivity index (χ0) is 13.9. The van der Waals surface area contributed by atoms with Gasteiger partial charge in [-0.1, -0.05) is 0 Å². The number of aromatic nitrogens is 1. The van der Waals surface area contributed by atoms with Crippen molar-refractivity contribution in [2.24, 2.45) is 5.73 Å². The molecule has 1 aromatic heterocycles. The predicted molar refractivity (Wildman–Crippen MR) is 63.6 cm³/mol. The van der Waals surface area contributed by atoms with Crippen LogP contribution in [0, 0.1) is 0 Å². The molecule has 0 aliphatic rings. The van der Waals surface area contributed by atoms with Gasteiger partial charge in [-0.25, -0.2) is 0 Å². The highest BCUT2D eigenvalue weighted by Crippen LogP contribution is 2.31. The molecule has 100 valence electrons. The van der Waals surface area contributed by atoms with Gasteiger partial charge < -0.3 is 10.5 Å². The van der Waals surface area contributed by atoms with Gasteiger partial charge in [0.1, 0.15) is 11.5 Å². The van der Waals surface area contributed by atoms with E-state index in [-0.39, 0.29) is 6.54 Å². The Balaban J connectivity index is 2.20. The summed E-state index contributed by atoms with van der Waals surface area (Å²) >= 11 is 0. The second-order valence-electron chi connectivity index (χ2n) is 3.81. The minimum atomic E-state index is -4.35. The molecule has 2 N–H and O–H groups in total. The molecule has 0 saturated carbocycles. The van der Waals surface area contributed by atoms with E-state index < -0.39 is 11.7 Å². The van der Waals surface area contributed by atoms with Crippen LogP contribution in [-0.2, 0) is 12.7 Å². The topological polar surface area (TPSA) is 48.1 Å². The summed E-state index contributed by atoms with van der Waals surface area (Å²) in [5.74, 6) is 0.737. The minimum Gasteiger partial charge on any atom is -0.455 e. The molecule has 0 atom stereocenters. The van der Waals surface area contributed by atoms with Crippen LogP contribution >= 0.6 is 0 Å². The standard InChI is InChI=1S/C13H11F3N2O/c14-13(15,16)10-1-3-11(4-2-10)19-12-8-18-6-5-9(12)7-17/h1-6,8H,7,17H2. The number of benzene rings is 1. The first kappa shape index (κ1) is 13.4. The average molecular weight is 268 g/mol. The molecule has 0 saturated heterocycles. The Kier molecular flexibility index (Phi) is 3.71. The summed E-state index contributed by atoms with van der Waals surface area (Å²) in [5, 5.41) is 0. The van der Waals surface area contributed by atoms with E-state index in [2.05, 4.69) is 4.98 Å². The maximum Gasteiger partial charge on any atom is 0.416 e. The zero-order valence-electron chi connectivity index (χ0n) is 9.82. The third-order valence-corrected chi connectivity index (χ3v) is 2.50. The molecule has 0 spiro atoms. The van der Waals surface area contributed by atoms with Gasteiger partial charge in [-0.05, 0) is 30.3 Å². The third kappa shape index (κ3) is 3.23. The van der Waals surface area contributed by atoms with Crippen molar-refractivity contribution in [1.29, 1.82) is 0 Å². The maximum atomic E-state index is 12.4. The molecule has 0 unspecified atom stereocenters. The highest BCUT2D eigenvalue weighted by molar-refractivity contribution is 5.36. The summed E-state index contributed by atoms with van der Waals surface area (Å²) < 4.78 is 42.7. The second kappa shape index (κ2) is 5.27. The van der Waals surface area contributed by atoms with E-state index in [0.29, 0.717) is 11.5 Å². The quantitative estimate of drug-likeness (QED) is 0.928. The van der Waals surface area contributed by atoms with Crippen molar-refractivity contribution in [2.75, 3.05) is 0 Å². The van der Waals surface area contributed by atoms with E-state index in [9.17, 15) is 13.2 Å². The summed E-state index contributed by atoms with van der Waals surface area (Å²) in [6.45, 7) is 0.262. The molecule has 2 aromatic rings. The van der Waals surface area contributed by atoms with Gasteiger partial charge in [-0.3, -0.25) is 4.98 Å². The van der Waals surface area contributed by atoms with Gasteiger partial charge in [0.25, 0.3) is 0 Å². The van der Waals surface area contributed by atoms with Gasteiger partial charge in [0.05, 0.1) is 11.8 Å². The lowest BCUT2D eigenvalue weighted by atomic mass is 10.2. The molecule has 19 heavy (non-hydrogen) atoms.